The number of hydrogen-bond donors (Lipinski definition) is 1. The van der Waals surface area contributed by atoms with E-state index in [9.17, 15) is 4.79 Å². The topological polar surface area (TPSA) is 51.2 Å². The van der Waals surface area contributed by atoms with Crippen LogP contribution >= 0.6 is 11.3 Å². The Kier molecular flexibility index (Phi) is 5.33. The molecule has 0 radical (unpaired) electrons. The second-order valence-electron chi connectivity index (χ2n) is 5.05. The average molecular weight is 304 g/mol. The standard InChI is InChI=1S/C16H20N2O2S/c1-4-9-20-13-7-5-12(6-8-13)14-10-21-16(17-14)18-15(19)11(2)3/h5-8,10-11H,4,9H2,1-3H3,(H,17,18,19). The van der Waals surface area contributed by atoms with Crippen molar-refractivity contribution in [3.8, 4) is 17.0 Å². The molecule has 1 aromatic heterocycles. The van der Waals surface area contributed by atoms with Crippen molar-refractivity contribution in [1.82, 2.24) is 4.98 Å². The highest BCUT2D eigenvalue weighted by Crippen LogP contribution is 2.26. The highest BCUT2D eigenvalue weighted by atomic mass is 32.1. The third-order valence-corrected chi connectivity index (χ3v) is 3.64. The molecule has 0 aliphatic rings. The Hall–Kier alpha value is -1.88. The van der Waals surface area contributed by atoms with E-state index in [1.54, 1.807) is 0 Å². The zero-order valence-corrected chi connectivity index (χ0v) is 13.4. The Morgan fingerprint density at radius 1 is 1.33 bits per heavy atom. The predicted molar refractivity (Wildman–Crippen MR) is 86.8 cm³/mol. The first-order valence-electron chi connectivity index (χ1n) is 7.09. The predicted octanol–water partition coefficient (Wildman–Crippen LogP) is 4.19. The van der Waals surface area contributed by atoms with Gasteiger partial charge in [-0.2, -0.15) is 0 Å². The van der Waals surface area contributed by atoms with Gasteiger partial charge in [0.1, 0.15) is 5.75 Å². The average Bonchev–Trinajstić information content (AvgIpc) is 2.94. The fourth-order valence-electron chi connectivity index (χ4n) is 1.66. The van der Waals surface area contributed by atoms with E-state index in [1.165, 1.54) is 11.3 Å². The highest BCUT2D eigenvalue weighted by molar-refractivity contribution is 7.14. The summed E-state index contributed by atoms with van der Waals surface area (Å²) < 4.78 is 5.56. The molecule has 2 rings (SSSR count). The Balaban J connectivity index is 2.05. The van der Waals surface area contributed by atoms with Gasteiger partial charge < -0.3 is 10.1 Å². The van der Waals surface area contributed by atoms with Crippen molar-refractivity contribution in [2.45, 2.75) is 27.2 Å². The summed E-state index contributed by atoms with van der Waals surface area (Å²) in [5, 5.41) is 5.39. The van der Waals surface area contributed by atoms with Crippen LogP contribution in [0.15, 0.2) is 29.6 Å². The normalized spacial score (nSPS) is 10.7. The van der Waals surface area contributed by atoms with Gasteiger partial charge in [0.15, 0.2) is 5.13 Å². The second-order valence-corrected chi connectivity index (χ2v) is 5.91. The molecular formula is C16H20N2O2S. The summed E-state index contributed by atoms with van der Waals surface area (Å²) in [7, 11) is 0. The lowest BCUT2D eigenvalue weighted by atomic mass is 10.2. The number of hydrogen-bond acceptors (Lipinski definition) is 4. The number of thiazole rings is 1. The van der Waals surface area contributed by atoms with E-state index >= 15 is 0 Å². The highest BCUT2D eigenvalue weighted by Gasteiger charge is 2.10. The largest absolute Gasteiger partial charge is 0.494 e. The van der Waals surface area contributed by atoms with E-state index in [-0.39, 0.29) is 11.8 Å². The first-order valence-corrected chi connectivity index (χ1v) is 7.97. The van der Waals surface area contributed by atoms with Gasteiger partial charge in [0, 0.05) is 16.9 Å². The number of nitrogens with one attached hydrogen (secondary N) is 1. The van der Waals surface area contributed by atoms with E-state index in [4.69, 9.17) is 4.74 Å². The first-order chi connectivity index (χ1) is 10.1. The molecule has 0 bridgehead atoms. The second kappa shape index (κ2) is 7.22. The van der Waals surface area contributed by atoms with E-state index in [2.05, 4.69) is 17.2 Å². The maximum atomic E-state index is 11.6. The van der Waals surface area contributed by atoms with Crippen molar-refractivity contribution in [3.63, 3.8) is 0 Å². The van der Waals surface area contributed by atoms with Crippen molar-refractivity contribution in [3.05, 3.63) is 29.6 Å². The molecule has 2 aromatic rings. The minimum Gasteiger partial charge on any atom is -0.494 e. The smallest absolute Gasteiger partial charge is 0.228 e. The van der Waals surface area contributed by atoms with E-state index in [0.29, 0.717) is 5.13 Å². The molecule has 0 unspecified atom stereocenters. The molecule has 1 amide bonds. The van der Waals surface area contributed by atoms with E-state index < -0.39 is 0 Å². The number of amides is 1. The molecule has 0 aliphatic carbocycles. The van der Waals surface area contributed by atoms with Crippen molar-refractivity contribution in [1.29, 1.82) is 0 Å². The Morgan fingerprint density at radius 2 is 2.05 bits per heavy atom. The van der Waals surface area contributed by atoms with Gasteiger partial charge in [0.2, 0.25) is 5.91 Å². The molecule has 0 aliphatic heterocycles. The van der Waals surface area contributed by atoms with Gasteiger partial charge in [-0.15, -0.1) is 11.3 Å². The zero-order chi connectivity index (χ0) is 15.2. The first kappa shape index (κ1) is 15.5. The number of benzene rings is 1. The van der Waals surface area contributed by atoms with Gasteiger partial charge >= 0.3 is 0 Å². The summed E-state index contributed by atoms with van der Waals surface area (Å²) in [6.45, 7) is 6.52. The van der Waals surface area contributed by atoms with Gasteiger partial charge in [0.25, 0.3) is 0 Å². The van der Waals surface area contributed by atoms with Crippen LogP contribution in [0.4, 0.5) is 5.13 Å². The summed E-state index contributed by atoms with van der Waals surface area (Å²) in [6, 6.07) is 7.84. The number of carbonyl (C=O) groups is 1. The number of rotatable bonds is 6. The molecule has 1 heterocycles. The van der Waals surface area contributed by atoms with Crippen molar-refractivity contribution < 1.29 is 9.53 Å². The number of aromatic nitrogens is 1. The summed E-state index contributed by atoms with van der Waals surface area (Å²) in [5.74, 6) is 0.802. The van der Waals surface area contributed by atoms with Gasteiger partial charge in [-0.25, -0.2) is 4.98 Å². The number of carbonyl (C=O) groups excluding carboxylic acids is 1. The lowest BCUT2D eigenvalue weighted by Gasteiger charge is -2.05. The molecule has 0 saturated heterocycles. The molecular weight excluding hydrogens is 284 g/mol. The monoisotopic (exact) mass is 304 g/mol. The van der Waals surface area contributed by atoms with Crippen molar-refractivity contribution >= 4 is 22.4 Å². The molecule has 0 fully saturated rings. The minimum atomic E-state index is -0.0488. The van der Waals surface area contributed by atoms with Crippen LogP contribution in [0.1, 0.15) is 27.2 Å². The molecule has 5 heteroatoms. The Labute approximate surface area is 129 Å². The molecule has 4 nitrogen and oxygen atoms in total. The lowest BCUT2D eigenvalue weighted by Crippen LogP contribution is -2.17. The summed E-state index contributed by atoms with van der Waals surface area (Å²) in [5.41, 5.74) is 1.88. The third-order valence-electron chi connectivity index (χ3n) is 2.88. The minimum absolute atomic E-state index is 0.0146. The fraction of sp³-hybridized carbons (Fsp3) is 0.375. The third kappa shape index (κ3) is 4.29. The van der Waals surface area contributed by atoms with Gasteiger partial charge in [-0.3, -0.25) is 4.79 Å². The van der Waals surface area contributed by atoms with Crippen LogP contribution in [-0.2, 0) is 4.79 Å². The van der Waals surface area contributed by atoms with Gasteiger partial charge in [-0.05, 0) is 30.7 Å². The molecule has 1 N–H and O–H groups in total. The zero-order valence-electron chi connectivity index (χ0n) is 12.6. The van der Waals surface area contributed by atoms with Crippen molar-refractivity contribution in [2.75, 3.05) is 11.9 Å². The van der Waals surface area contributed by atoms with Crippen LogP contribution in [0.25, 0.3) is 11.3 Å². The molecule has 1 aromatic carbocycles. The van der Waals surface area contributed by atoms with Crippen LogP contribution in [0, 0.1) is 5.92 Å². The Morgan fingerprint density at radius 3 is 2.67 bits per heavy atom. The Bertz CT molecular complexity index is 591. The molecule has 0 atom stereocenters. The maximum Gasteiger partial charge on any atom is 0.228 e. The number of ether oxygens (including phenoxy) is 1. The quantitative estimate of drug-likeness (QED) is 0.870. The summed E-state index contributed by atoms with van der Waals surface area (Å²) >= 11 is 1.43. The van der Waals surface area contributed by atoms with Crippen LogP contribution < -0.4 is 10.1 Å². The molecule has 112 valence electrons. The van der Waals surface area contributed by atoms with Crippen molar-refractivity contribution in [2.24, 2.45) is 5.92 Å². The van der Waals surface area contributed by atoms with Gasteiger partial charge in [-0.1, -0.05) is 20.8 Å². The van der Waals surface area contributed by atoms with Crippen LogP contribution in [-0.4, -0.2) is 17.5 Å². The lowest BCUT2D eigenvalue weighted by molar-refractivity contribution is -0.118. The van der Waals surface area contributed by atoms with Crippen LogP contribution in [0.2, 0.25) is 0 Å². The summed E-state index contributed by atoms with van der Waals surface area (Å²) in [4.78, 5) is 16.1. The number of nitrogens with zero attached hydrogens (tertiary/aromatic N) is 1. The molecule has 0 saturated carbocycles. The molecule has 0 spiro atoms. The molecule has 21 heavy (non-hydrogen) atoms. The van der Waals surface area contributed by atoms with Crippen LogP contribution in [0.3, 0.4) is 0 Å². The fourth-order valence-corrected chi connectivity index (χ4v) is 2.38. The number of anilines is 1. The summed E-state index contributed by atoms with van der Waals surface area (Å²) in [6.07, 6.45) is 0.993. The van der Waals surface area contributed by atoms with Crippen LogP contribution in [0.5, 0.6) is 5.75 Å². The van der Waals surface area contributed by atoms with E-state index in [1.807, 2.05) is 43.5 Å². The maximum absolute atomic E-state index is 11.6. The SMILES string of the molecule is CCCOc1ccc(-c2csc(NC(=O)C(C)C)n2)cc1. The van der Waals surface area contributed by atoms with E-state index in [0.717, 1.165) is 30.0 Å². The van der Waals surface area contributed by atoms with Gasteiger partial charge in [0.05, 0.1) is 12.3 Å².